The van der Waals surface area contributed by atoms with Crippen molar-refractivity contribution < 1.29 is 9.90 Å². The van der Waals surface area contributed by atoms with Crippen molar-refractivity contribution in [1.82, 2.24) is 14.8 Å². The molecule has 14 heavy (non-hydrogen) atoms. The average molecular weight is 213 g/mol. The van der Waals surface area contributed by atoms with Gasteiger partial charge in [0.25, 0.3) is 0 Å². The maximum absolute atomic E-state index is 10.2. The summed E-state index contributed by atoms with van der Waals surface area (Å²) in [5, 5.41) is 15.0. The van der Waals surface area contributed by atoms with Gasteiger partial charge in [-0.1, -0.05) is 12.2 Å². The van der Waals surface area contributed by atoms with Gasteiger partial charge < -0.3 is 9.67 Å². The number of hydrogen-bond donors (Lipinski definition) is 2. The van der Waals surface area contributed by atoms with Gasteiger partial charge in [-0.05, 0) is 12.2 Å². The SMILES string of the molecule is Cn1c(CC=CCC(=O)O)n[nH]c1=S. The number of aromatic amines is 1. The van der Waals surface area contributed by atoms with E-state index in [0.29, 0.717) is 11.2 Å². The quantitative estimate of drug-likeness (QED) is 0.579. The molecule has 0 unspecified atom stereocenters. The summed E-state index contributed by atoms with van der Waals surface area (Å²) in [6.07, 6.45) is 3.98. The lowest BCUT2D eigenvalue weighted by atomic mass is 10.3. The smallest absolute Gasteiger partial charge is 0.307 e. The minimum absolute atomic E-state index is 0.0366. The van der Waals surface area contributed by atoms with Crippen LogP contribution in [0.25, 0.3) is 0 Å². The third kappa shape index (κ3) is 2.81. The van der Waals surface area contributed by atoms with Gasteiger partial charge in [0.05, 0.1) is 6.42 Å². The molecule has 0 aliphatic rings. The molecule has 0 spiro atoms. The number of allylic oxidation sites excluding steroid dienone is 1. The van der Waals surface area contributed by atoms with Crippen LogP contribution in [0.4, 0.5) is 0 Å². The van der Waals surface area contributed by atoms with Crippen molar-refractivity contribution >= 4 is 18.2 Å². The zero-order valence-electron chi connectivity index (χ0n) is 7.73. The van der Waals surface area contributed by atoms with Crippen LogP contribution in [0.5, 0.6) is 0 Å². The molecule has 2 N–H and O–H groups in total. The first-order valence-corrected chi connectivity index (χ1v) is 4.49. The predicted molar refractivity (Wildman–Crippen MR) is 53.5 cm³/mol. The molecule has 1 aromatic heterocycles. The minimum atomic E-state index is -0.836. The number of aromatic nitrogens is 3. The second kappa shape index (κ2) is 4.71. The maximum Gasteiger partial charge on any atom is 0.307 e. The Balaban J connectivity index is 2.54. The van der Waals surface area contributed by atoms with Crippen LogP contribution in [0.15, 0.2) is 12.2 Å². The van der Waals surface area contributed by atoms with Crippen molar-refractivity contribution in [2.45, 2.75) is 12.8 Å². The average Bonchev–Trinajstić information content (AvgIpc) is 2.43. The van der Waals surface area contributed by atoms with E-state index in [9.17, 15) is 4.79 Å². The monoisotopic (exact) mass is 213 g/mol. The van der Waals surface area contributed by atoms with E-state index in [4.69, 9.17) is 17.3 Å². The largest absolute Gasteiger partial charge is 0.481 e. The lowest BCUT2D eigenvalue weighted by Gasteiger charge is -1.93. The van der Waals surface area contributed by atoms with E-state index >= 15 is 0 Å². The summed E-state index contributed by atoms with van der Waals surface area (Å²) in [7, 11) is 1.81. The van der Waals surface area contributed by atoms with Crippen LogP contribution < -0.4 is 0 Å². The van der Waals surface area contributed by atoms with Gasteiger partial charge in [-0.3, -0.25) is 9.89 Å². The first-order valence-electron chi connectivity index (χ1n) is 4.08. The molecule has 0 radical (unpaired) electrons. The third-order valence-corrected chi connectivity index (χ3v) is 2.10. The summed E-state index contributed by atoms with van der Waals surface area (Å²) < 4.78 is 2.31. The van der Waals surface area contributed by atoms with Gasteiger partial charge in [0.15, 0.2) is 4.77 Å². The second-order valence-electron chi connectivity index (χ2n) is 2.78. The predicted octanol–water partition coefficient (Wildman–Crippen LogP) is 1.05. The zero-order chi connectivity index (χ0) is 10.6. The highest BCUT2D eigenvalue weighted by Gasteiger charge is 1.98. The standard InChI is InChI=1S/C8H11N3O2S/c1-11-6(9-10-8(11)14)4-2-3-5-7(12)13/h2-3H,4-5H2,1H3,(H,10,14)(H,12,13). The Morgan fingerprint density at radius 2 is 2.43 bits per heavy atom. The fraction of sp³-hybridized carbons (Fsp3) is 0.375. The van der Waals surface area contributed by atoms with Gasteiger partial charge in [0.1, 0.15) is 5.82 Å². The maximum atomic E-state index is 10.2. The Kier molecular flexibility index (Phi) is 3.58. The molecule has 0 atom stereocenters. The summed E-state index contributed by atoms with van der Waals surface area (Å²) in [5.41, 5.74) is 0. The minimum Gasteiger partial charge on any atom is -0.481 e. The number of carboxylic acid groups (broad SMARTS) is 1. The number of nitrogens with zero attached hydrogens (tertiary/aromatic N) is 2. The first kappa shape index (κ1) is 10.6. The van der Waals surface area contributed by atoms with Gasteiger partial charge in [-0.2, -0.15) is 5.10 Å². The van der Waals surface area contributed by atoms with E-state index in [1.807, 2.05) is 7.05 Å². The van der Waals surface area contributed by atoms with Crippen molar-refractivity contribution in [3.63, 3.8) is 0 Å². The van der Waals surface area contributed by atoms with Crippen LogP contribution >= 0.6 is 12.2 Å². The number of rotatable bonds is 4. The van der Waals surface area contributed by atoms with Gasteiger partial charge >= 0.3 is 5.97 Å². The van der Waals surface area contributed by atoms with Crippen LogP contribution in [0.3, 0.4) is 0 Å². The molecule has 0 aliphatic heterocycles. The van der Waals surface area contributed by atoms with Gasteiger partial charge in [-0.25, -0.2) is 0 Å². The molecule has 0 aliphatic carbocycles. The molecule has 0 amide bonds. The van der Waals surface area contributed by atoms with Crippen LogP contribution in [0, 0.1) is 4.77 Å². The van der Waals surface area contributed by atoms with Gasteiger partial charge in [0, 0.05) is 13.5 Å². The third-order valence-electron chi connectivity index (χ3n) is 1.73. The Hall–Kier alpha value is -1.43. The van der Waals surface area contributed by atoms with Crippen LogP contribution in [0.1, 0.15) is 12.2 Å². The summed E-state index contributed by atoms with van der Waals surface area (Å²) in [4.78, 5) is 10.2. The Morgan fingerprint density at radius 3 is 2.93 bits per heavy atom. The normalized spacial score (nSPS) is 10.9. The molecule has 5 nitrogen and oxygen atoms in total. The molecule has 0 saturated heterocycles. The summed E-state index contributed by atoms with van der Waals surface area (Å²) in [6, 6.07) is 0. The van der Waals surface area contributed by atoms with Crippen molar-refractivity contribution in [1.29, 1.82) is 0 Å². The fourth-order valence-electron chi connectivity index (χ4n) is 0.935. The summed E-state index contributed by atoms with van der Waals surface area (Å²) in [6.45, 7) is 0. The van der Waals surface area contributed by atoms with Crippen molar-refractivity contribution in [2.24, 2.45) is 7.05 Å². The first-order chi connectivity index (χ1) is 6.61. The molecule has 0 saturated carbocycles. The Labute approximate surface area is 86.1 Å². The molecule has 1 rings (SSSR count). The topological polar surface area (TPSA) is 70.9 Å². The van der Waals surface area contributed by atoms with E-state index in [-0.39, 0.29) is 6.42 Å². The lowest BCUT2D eigenvalue weighted by molar-refractivity contribution is -0.136. The molecule has 0 fully saturated rings. The fourth-order valence-corrected chi connectivity index (χ4v) is 1.09. The van der Waals surface area contributed by atoms with Crippen molar-refractivity contribution in [3.8, 4) is 0 Å². The van der Waals surface area contributed by atoms with Crippen molar-refractivity contribution in [2.75, 3.05) is 0 Å². The summed E-state index contributed by atoms with van der Waals surface area (Å²) in [5.74, 6) is -0.0479. The highest BCUT2D eigenvalue weighted by atomic mass is 32.1. The number of H-pyrrole nitrogens is 1. The molecule has 76 valence electrons. The number of aliphatic carboxylic acids is 1. The van der Waals surface area contributed by atoms with E-state index in [2.05, 4.69) is 10.2 Å². The van der Waals surface area contributed by atoms with Gasteiger partial charge in [0.2, 0.25) is 0 Å². The van der Waals surface area contributed by atoms with E-state index in [0.717, 1.165) is 5.82 Å². The highest BCUT2D eigenvalue weighted by molar-refractivity contribution is 7.71. The Bertz CT molecular complexity index is 405. The molecule has 0 aromatic carbocycles. The number of hydrogen-bond acceptors (Lipinski definition) is 3. The molecule has 6 heteroatoms. The van der Waals surface area contributed by atoms with E-state index < -0.39 is 5.97 Å². The van der Waals surface area contributed by atoms with Crippen LogP contribution in [-0.2, 0) is 18.3 Å². The van der Waals surface area contributed by atoms with Crippen molar-refractivity contribution in [3.05, 3.63) is 22.7 Å². The molecule has 1 heterocycles. The zero-order valence-corrected chi connectivity index (χ0v) is 8.54. The number of nitrogens with one attached hydrogen (secondary N) is 1. The molecular weight excluding hydrogens is 202 g/mol. The Morgan fingerprint density at radius 1 is 1.71 bits per heavy atom. The lowest BCUT2D eigenvalue weighted by Crippen LogP contribution is -1.96. The highest BCUT2D eigenvalue weighted by Crippen LogP contribution is 1.97. The van der Waals surface area contributed by atoms with Gasteiger partial charge in [-0.15, -0.1) is 0 Å². The second-order valence-corrected chi connectivity index (χ2v) is 3.16. The molecule has 0 bridgehead atoms. The van der Waals surface area contributed by atoms with Crippen LogP contribution in [0.2, 0.25) is 0 Å². The van der Waals surface area contributed by atoms with E-state index in [1.54, 1.807) is 16.7 Å². The van der Waals surface area contributed by atoms with E-state index in [1.165, 1.54) is 0 Å². The molecule has 1 aromatic rings. The molecular formula is C8H11N3O2S. The summed E-state index contributed by atoms with van der Waals surface area (Å²) >= 11 is 4.92. The number of carboxylic acids is 1. The number of carbonyl (C=O) groups is 1. The van der Waals surface area contributed by atoms with Crippen LogP contribution in [-0.4, -0.2) is 25.8 Å².